The van der Waals surface area contributed by atoms with Crippen LogP contribution in [0.15, 0.2) is 91.0 Å². The molecule has 2 N–H and O–H groups in total. The maximum absolute atomic E-state index is 11.7. The van der Waals surface area contributed by atoms with Crippen molar-refractivity contribution in [2.24, 2.45) is 0 Å². The summed E-state index contributed by atoms with van der Waals surface area (Å²) in [4.78, 5) is 11.7. The molecule has 4 heteroatoms. The fourth-order valence-electron chi connectivity index (χ4n) is 2.43. The first-order valence-corrected chi connectivity index (χ1v) is 7.56. The number of urea groups is 1. The van der Waals surface area contributed by atoms with Crippen LogP contribution >= 0.6 is 0 Å². The maximum Gasteiger partial charge on any atom is 2.00 e. The Kier molecular flexibility index (Phi) is 6.61. The van der Waals surface area contributed by atoms with Crippen molar-refractivity contribution >= 4 is 11.7 Å². The van der Waals surface area contributed by atoms with Crippen molar-refractivity contribution in [1.82, 2.24) is 10.6 Å². The third-order valence-corrected chi connectivity index (χ3v) is 3.56. The standard InChI is InChI=1S/C15H13N2O.C5H5.Fe/c18-15-16-13(11-6-2-1-3-7-11)10-14(17-15)12-8-4-5-9-12;1-2-4-5-3-1;/h1-10,13H,(H2,16,17,18);1-5H;/q2*-1;+2. The molecule has 122 valence electrons. The monoisotopic (exact) mass is 358 g/mol. The van der Waals surface area contributed by atoms with E-state index in [0.29, 0.717) is 0 Å². The van der Waals surface area contributed by atoms with Gasteiger partial charge in [0.25, 0.3) is 0 Å². The zero-order valence-electron chi connectivity index (χ0n) is 13.0. The minimum atomic E-state index is -0.164. The van der Waals surface area contributed by atoms with Crippen molar-refractivity contribution in [3.05, 3.63) is 102 Å². The first-order valence-electron chi connectivity index (χ1n) is 7.56. The molecule has 0 saturated heterocycles. The summed E-state index contributed by atoms with van der Waals surface area (Å²) in [6, 6.07) is 27.6. The van der Waals surface area contributed by atoms with E-state index in [1.807, 2.05) is 91.0 Å². The number of carbonyl (C=O) groups excluding carboxylic acids is 1. The van der Waals surface area contributed by atoms with Crippen LogP contribution < -0.4 is 10.6 Å². The van der Waals surface area contributed by atoms with Crippen LogP contribution in [0.25, 0.3) is 5.70 Å². The Labute approximate surface area is 152 Å². The van der Waals surface area contributed by atoms with E-state index < -0.39 is 0 Å². The molecule has 1 aliphatic heterocycles. The van der Waals surface area contributed by atoms with Crippen molar-refractivity contribution in [3.63, 3.8) is 0 Å². The molecule has 0 fully saturated rings. The zero-order chi connectivity index (χ0) is 15.9. The van der Waals surface area contributed by atoms with E-state index in [1.54, 1.807) is 0 Å². The van der Waals surface area contributed by atoms with Gasteiger partial charge in [-0.3, -0.25) is 0 Å². The van der Waals surface area contributed by atoms with Gasteiger partial charge in [0.15, 0.2) is 0 Å². The topological polar surface area (TPSA) is 41.1 Å². The first kappa shape index (κ1) is 17.8. The molecule has 0 aromatic heterocycles. The number of hydrogen-bond acceptors (Lipinski definition) is 1. The van der Waals surface area contributed by atoms with Gasteiger partial charge >= 0.3 is 23.1 Å². The molecule has 1 heterocycles. The summed E-state index contributed by atoms with van der Waals surface area (Å²) in [6.45, 7) is 0. The van der Waals surface area contributed by atoms with Crippen molar-refractivity contribution < 1.29 is 21.9 Å². The van der Waals surface area contributed by atoms with Gasteiger partial charge in [-0.25, -0.2) is 16.9 Å². The molecule has 1 atom stereocenters. The molecule has 3 aromatic rings. The fourth-order valence-corrected chi connectivity index (χ4v) is 2.43. The van der Waals surface area contributed by atoms with E-state index in [9.17, 15) is 4.79 Å². The van der Waals surface area contributed by atoms with Crippen LogP contribution in [0.2, 0.25) is 0 Å². The Morgan fingerprint density at radius 2 is 1.58 bits per heavy atom. The van der Waals surface area contributed by atoms with Crippen LogP contribution in [0.3, 0.4) is 0 Å². The van der Waals surface area contributed by atoms with E-state index in [-0.39, 0.29) is 29.1 Å². The maximum atomic E-state index is 11.7. The second kappa shape index (κ2) is 8.92. The smallest absolute Gasteiger partial charge is 0.335 e. The molecule has 4 rings (SSSR count). The SMILES string of the molecule is O=C1NC([c-]2cccc2)=CC(c2ccccc2)N1.[Fe+2].c1cc[cH-]c1. The Hall–Kier alpha value is -2.55. The van der Waals surface area contributed by atoms with E-state index in [2.05, 4.69) is 10.6 Å². The second-order valence-corrected chi connectivity index (χ2v) is 5.20. The molecule has 0 spiro atoms. The summed E-state index contributed by atoms with van der Waals surface area (Å²) in [6.07, 6.45) is 2.03. The van der Waals surface area contributed by atoms with Crippen molar-refractivity contribution in [2.45, 2.75) is 6.04 Å². The van der Waals surface area contributed by atoms with Gasteiger partial charge in [-0.05, 0) is 11.3 Å². The Morgan fingerprint density at radius 1 is 0.917 bits per heavy atom. The zero-order valence-corrected chi connectivity index (χ0v) is 14.1. The number of amides is 2. The van der Waals surface area contributed by atoms with Crippen LogP contribution in [0.5, 0.6) is 0 Å². The van der Waals surface area contributed by atoms with Crippen LogP contribution in [0, 0.1) is 0 Å². The number of hydrogen-bond donors (Lipinski definition) is 2. The Morgan fingerprint density at radius 3 is 2.17 bits per heavy atom. The average Bonchev–Trinajstić information content (AvgIpc) is 3.31. The van der Waals surface area contributed by atoms with Gasteiger partial charge in [0.1, 0.15) is 0 Å². The first-order chi connectivity index (χ1) is 11.3. The van der Waals surface area contributed by atoms with E-state index in [4.69, 9.17) is 0 Å². The fraction of sp³-hybridized carbons (Fsp3) is 0.0500. The minimum absolute atomic E-state index is 0. The van der Waals surface area contributed by atoms with Crippen LogP contribution in [-0.4, -0.2) is 6.03 Å². The van der Waals surface area contributed by atoms with Crippen LogP contribution in [-0.2, 0) is 17.1 Å². The normalized spacial score (nSPS) is 15.8. The van der Waals surface area contributed by atoms with Gasteiger partial charge in [-0.1, -0.05) is 35.9 Å². The molecule has 0 saturated carbocycles. The number of rotatable bonds is 2. The molecule has 3 aromatic carbocycles. The number of benzene rings is 1. The molecule has 24 heavy (non-hydrogen) atoms. The molecule has 0 radical (unpaired) electrons. The van der Waals surface area contributed by atoms with Gasteiger partial charge in [0.2, 0.25) is 0 Å². The van der Waals surface area contributed by atoms with Crippen LogP contribution in [0.1, 0.15) is 17.2 Å². The third kappa shape index (κ3) is 4.72. The van der Waals surface area contributed by atoms with Gasteiger partial charge in [0, 0.05) is 6.04 Å². The largest absolute Gasteiger partial charge is 2.00 e. The summed E-state index contributed by atoms with van der Waals surface area (Å²) >= 11 is 0. The molecular formula is C20H18FeN2O. The van der Waals surface area contributed by atoms with Gasteiger partial charge in [0.05, 0.1) is 0 Å². The molecule has 1 unspecified atom stereocenters. The van der Waals surface area contributed by atoms with Crippen molar-refractivity contribution in [2.75, 3.05) is 0 Å². The predicted molar refractivity (Wildman–Crippen MR) is 92.9 cm³/mol. The molecule has 1 aliphatic rings. The Bertz CT molecular complexity index is 729. The van der Waals surface area contributed by atoms with Crippen LogP contribution in [0.4, 0.5) is 4.79 Å². The van der Waals surface area contributed by atoms with Crippen molar-refractivity contribution in [1.29, 1.82) is 0 Å². The van der Waals surface area contributed by atoms with E-state index >= 15 is 0 Å². The molecule has 0 aliphatic carbocycles. The summed E-state index contributed by atoms with van der Waals surface area (Å²) in [5, 5.41) is 5.73. The van der Waals surface area contributed by atoms with E-state index in [1.165, 1.54) is 0 Å². The molecular weight excluding hydrogens is 340 g/mol. The number of carbonyl (C=O) groups is 1. The average molecular weight is 358 g/mol. The Balaban J connectivity index is 0.000000300. The summed E-state index contributed by atoms with van der Waals surface area (Å²) in [5.74, 6) is 0. The number of nitrogens with one attached hydrogen (secondary N) is 2. The quantitative estimate of drug-likeness (QED) is 0.523. The predicted octanol–water partition coefficient (Wildman–Crippen LogP) is 4.20. The summed E-state index contributed by atoms with van der Waals surface area (Å²) in [7, 11) is 0. The van der Waals surface area contributed by atoms with E-state index in [0.717, 1.165) is 16.8 Å². The molecule has 3 nitrogen and oxygen atoms in total. The third-order valence-electron chi connectivity index (χ3n) is 3.56. The van der Waals surface area contributed by atoms with Crippen molar-refractivity contribution in [3.8, 4) is 0 Å². The minimum Gasteiger partial charge on any atom is -0.335 e. The molecule has 0 bridgehead atoms. The summed E-state index contributed by atoms with van der Waals surface area (Å²) < 4.78 is 0. The van der Waals surface area contributed by atoms with Gasteiger partial charge in [-0.15, -0.1) is 18.2 Å². The summed E-state index contributed by atoms with van der Waals surface area (Å²) in [5.41, 5.74) is 2.97. The van der Waals surface area contributed by atoms with Gasteiger partial charge < -0.3 is 10.6 Å². The van der Waals surface area contributed by atoms with Gasteiger partial charge in [-0.2, -0.15) is 30.3 Å². The molecule has 2 amide bonds. The second-order valence-electron chi connectivity index (χ2n) is 5.20.